The first-order chi connectivity index (χ1) is 7.02. The van der Waals surface area contributed by atoms with Crippen molar-refractivity contribution in [1.29, 1.82) is 0 Å². The van der Waals surface area contributed by atoms with E-state index in [4.69, 9.17) is 8.37 Å². The van der Waals surface area contributed by atoms with E-state index in [9.17, 15) is 19.2 Å². The van der Waals surface area contributed by atoms with Crippen LogP contribution in [-0.4, -0.2) is 28.8 Å². The van der Waals surface area contributed by atoms with Gasteiger partial charge in [0.05, 0.1) is 0 Å². The third-order valence-corrected chi connectivity index (χ3v) is 3.81. The minimum atomic E-state index is -3.09. The van der Waals surface area contributed by atoms with Crippen LogP contribution in [-0.2, 0) is 22.7 Å². The van der Waals surface area contributed by atoms with E-state index in [1.54, 1.807) is 0 Å². The molecule has 15 heavy (non-hydrogen) atoms. The molecule has 1 fully saturated rings. The highest BCUT2D eigenvalue weighted by Gasteiger charge is 2.46. The molecule has 1 spiro atoms. The predicted octanol–water partition coefficient (Wildman–Crippen LogP) is -0.473. The minimum Gasteiger partial charge on any atom is -0.331 e. The topological polar surface area (TPSA) is 98.8 Å². The molecule has 2 aliphatic rings. The highest BCUT2D eigenvalue weighted by Crippen LogP contribution is 2.54. The second-order valence-corrected chi connectivity index (χ2v) is 4.96. The van der Waals surface area contributed by atoms with Crippen LogP contribution in [0.3, 0.4) is 0 Å². The Morgan fingerprint density at radius 2 is 1.60 bits per heavy atom. The summed E-state index contributed by atoms with van der Waals surface area (Å²) in [6.07, 6.45) is 1.69. The van der Waals surface area contributed by atoms with Crippen molar-refractivity contribution in [3.63, 3.8) is 0 Å². The van der Waals surface area contributed by atoms with E-state index in [1.165, 1.54) is 0 Å². The average Bonchev–Trinajstić information content (AvgIpc) is 2.30. The fourth-order valence-electron chi connectivity index (χ4n) is 1.07. The zero-order valence-corrected chi connectivity index (χ0v) is 8.04. The standard InChI is InChI=1S/C7H5NO6S/c9-4-3-15(7(12)8-4)13-5(10)1-2-6(11)14-15/h1-2H,3H2,(H,8,9,12). The quantitative estimate of drug-likeness (QED) is 0.605. The molecule has 0 aliphatic carbocycles. The number of carbonyl (C=O) groups excluding carboxylic acids is 4. The van der Waals surface area contributed by atoms with Gasteiger partial charge in [-0.2, -0.15) is 0 Å². The molecule has 2 aliphatic heterocycles. The van der Waals surface area contributed by atoms with Crippen molar-refractivity contribution in [1.82, 2.24) is 5.32 Å². The fraction of sp³-hybridized carbons (Fsp3) is 0.143. The van der Waals surface area contributed by atoms with Gasteiger partial charge in [0.2, 0.25) is 5.91 Å². The average molecular weight is 231 g/mol. The molecule has 0 aromatic carbocycles. The maximum Gasteiger partial charge on any atom is 0.359 e. The second kappa shape index (κ2) is 3.09. The van der Waals surface area contributed by atoms with Crippen LogP contribution < -0.4 is 5.32 Å². The van der Waals surface area contributed by atoms with Crippen molar-refractivity contribution < 1.29 is 27.5 Å². The maximum atomic E-state index is 11.3. The first-order valence-corrected chi connectivity index (χ1v) is 5.47. The highest BCUT2D eigenvalue weighted by molar-refractivity contribution is 8.39. The van der Waals surface area contributed by atoms with Crippen LogP contribution in [0.4, 0.5) is 4.79 Å². The van der Waals surface area contributed by atoms with Crippen LogP contribution in [0.1, 0.15) is 0 Å². The van der Waals surface area contributed by atoms with Gasteiger partial charge in [-0.15, -0.1) is 0 Å². The molecule has 2 heterocycles. The van der Waals surface area contributed by atoms with E-state index in [1.807, 2.05) is 5.32 Å². The van der Waals surface area contributed by atoms with E-state index in [-0.39, 0.29) is 0 Å². The SMILES string of the molecule is O=C1CS2(OC(=O)C=CC(=O)O2)C(=O)N1. The molecular formula is C7H5NO6S. The lowest BCUT2D eigenvalue weighted by molar-refractivity contribution is -0.129. The number of hydrogen-bond acceptors (Lipinski definition) is 6. The van der Waals surface area contributed by atoms with Crippen LogP contribution in [0.15, 0.2) is 12.2 Å². The first-order valence-electron chi connectivity index (χ1n) is 3.82. The zero-order chi connectivity index (χ0) is 11.1. The fourth-order valence-corrected chi connectivity index (χ4v) is 2.84. The molecule has 2 rings (SSSR count). The van der Waals surface area contributed by atoms with Crippen molar-refractivity contribution in [3.05, 3.63) is 12.2 Å². The lowest BCUT2D eigenvalue weighted by Crippen LogP contribution is -2.22. The smallest absolute Gasteiger partial charge is 0.331 e. The van der Waals surface area contributed by atoms with Crippen LogP contribution in [0.5, 0.6) is 0 Å². The van der Waals surface area contributed by atoms with E-state index in [0.29, 0.717) is 0 Å². The van der Waals surface area contributed by atoms with Crippen molar-refractivity contribution in [2.45, 2.75) is 0 Å². The van der Waals surface area contributed by atoms with Gasteiger partial charge in [-0.05, 0) is 10.6 Å². The van der Waals surface area contributed by atoms with Crippen molar-refractivity contribution >= 4 is 33.7 Å². The summed E-state index contributed by atoms with van der Waals surface area (Å²) in [5, 5.41) is 1.06. The Labute approximate surface area is 85.1 Å². The molecule has 8 heteroatoms. The summed E-state index contributed by atoms with van der Waals surface area (Å²) < 4.78 is 9.39. The minimum absolute atomic E-state index is 0.426. The molecule has 80 valence electrons. The third-order valence-electron chi connectivity index (χ3n) is 1.63. The van der Waals surface area contributed by atoms with Gasteiger partial charge in [0.15, 0.2) is 0 Å². The predicted molar refractivity (Wildman–Crippen MR) is 47.3 cm³/mol. The van der Waals surface area contributed by atoms with E-state index >= 15 is 0 Å². The van der Waals surface area contributed by atoms with Gasteiger partial charge in [0, 0.05) is 12.2 Å². The number of hydrogen-bond donors (Lipinski definition) is 1. The Hall–Kier alpha value is -1.83. The van der Waals surface area contributed by atoms with Crippen molar-refractivity contribution in [2.24, 2.45) is 0 Å². The van der Waals surface area contributed by atoms with E-state index in [2.05, 4.69) is 0 Å². The maximum absolute atomic E-state index is 11.3. The summed E-state index contributed by atoms with van der Waals surface area (Å²) in [5.41, 5.74) is 0. The molecule has 1 saturated heterocycles. The molecule has 0 saturated carbocycles. The Kier molecular flexibility index (Phi) is 2.00. The number of imide groups is 1. The third kappa shape index (κ3) is 1.59. The molecule has 2 amide bonds. The number of rotatable bonds is 0. The molecule has 0 atom stereocenters. The van der Waals surface area contributed by atoms with E-state index in [0.717, 1.165) is 12.2 Å². The van der Waals surface area contributed by atoms with Gasteiger partial charge in [-0.1, -0.05) is 0 Å². The molecule has 0 unspecified atom stereocenters. The first kappa shape index (κ1) is 9.71. The summed E-state index contributed by atoms with van der Waals surface area (Å²) in [4.78, 5) is 44.3. The summed E-state index contributed by atoms with van der Waals surface area (Å²) in [6.45, 7) is 0. The van der Waals surface area contributed by atoms with Crippen molar-refractivity contribution in [2.75, 3.05) is 5.75 Å². The Bertz CT molecular complexity index is 394. The molecule has 0 aromatic heterocycles. The zero-order valence-electron chi connectivity index (χ0n) is 7.22. The molecule has 0 bridgehead atoms. The van der Waals surface area contributed by atoms with Crippen LogP contribution in [0.25, 0.3) is 0 Å². The summed E-state index contributed by atoms with van der Waals surface area (Å²) in [5.74, 6) is -2.80. The van der Waals surface area contributed by atoms with Crippen LogP contribution in [0, 0.1) is 0 Å². The molecule has 7 nitrogen and oxygen atoms in total. The number of carbonyl (C=O) groups is 4. The monoisotopic (exact) mass is 231 g/mol. The Balaban J connectivity index is 2.36. The summed E-state index contributed by atoms with van der Waals surface area (Å²) in [7, 11) is -3.09. The molecular weight excluding hydrogens is 226 g/mol. The summed E-state index contributed by atoms with van der Waals surface area (Å²) >= 11 is 0. The van der Waals surface area contributed by atoms with Gasteiger partial charge in [0.25, 0.3) is 0 Å². The molecule has 0 aromatic rings. The van der Waals surface area contributed by atoms with Gasteiger partial charge >= 0.3 is 17.2 Å². The largest absolute Gasteiger partial charge is 0.359 e. The van der Waals surface area contributed by atoms with Gasteiger partial charge in [-0.3, -0.25) is 10.1 Å². The van der Waals surface area contributed by atoms with Gasteiger partial charge in [-0.25, -0.2) is 14.4 Å². The van der Waals surface area contributed by atoms with Crippen LogP contribution >= 0.6 is 10.6 Å². The molecule has 1 N–H and O–H groups in total. The summed E-state index contributed by atoms with van der Waals surface area (Å²) in [6, 6.07) is 0. The normalized spacial score (nSPS) is 25.6. The number of amides is 2. The lowest BCUT2D eigenvalue weighted by Gasteiger charge is -2.30. The number of nitrogens with one attached hydrogen (secondary N) is 1. The van der Waals surface area contributed by atoms with E-state index < -0.39 is 39.4 Å². The Morgan fingerprint density at radius 1 is 1.07 bits per heavy atom. The van der Waals surface area contributed by atoms with Crippen molar-refractivity contribution in [3.8, 4) is 0 Å². The highest BCUT2D eigenvalue weighted by atomic mass is 32.3. The Morgan fingerprint density at radius 3 is 2.00 bits per heavy atom. The van der Waals surface area contributed by atoms with Gasteiger partial charge in [0.1, 0.15) is 5.75 Å². The second-order valence-electron chi connectivity index (χ2n) is 2.73. The lowest BCUT2D eigenvalue weighted by atomic mass is 10.5. The molecule has 0 radical (unpaired) electrons. The van der Waals surface area contributed by atoms with Gasteiger partial charge < -0.3 is 8.37 Å². The van der Waals surface area contributed by atoms with Crippen LogP contribution in [0.2, 0.25) is 0 Å².